The molecule has 0 aromatic heterocycles. The lowest BCUT2D eigenvalue weighted by Crippen LogP contribution is -1.95. The number of halogens is 1. The molecule has 0 bridgehead atoms. The highest BCUT2D eigenvalue weighted by Crippen LogP contribution is 2.28. The highest BCUT2D eigenvalue weighted by atomic mass is 79.9. The minimum absolute atomic E-state index is 0.593. The quantitative estimate of drug-likeness (QED) is 0.647. The Labute approximate surface area is 121 Å². The van der Waals surface area contributed by atoms with Crippen LogP contribution in [0.25, 0.3) is 10.8 Å². The van der Waals surface area contributed by atoms with Gasteiger partial charge in [0.05, 0.1) is 0 Å². The molecule has 0 unspecified atom stereocenters. The van der Waals surface area contributed by atoms with E-state index in [-0.39, 0.29) is 0 Å². The molecule has 19 heavy (non-hydrogen) atoms. The molecular weight excluding hydrogens is 300 g/mol. The van der Waals surface area contributed by atoms with Crippen molar-refractivity contribution in [3.8, 4) is 5.75 Å². The molecule has 0 N–H and O–H groups in total. The fourth-order valence-corrected chi connectivity index (χ4v) is 2.46. The Hall–Kier alpha value is -1.80. The first-order valence-electron chi connectivity index (χ1n) is 6.18. The van der Waals surface area contributed by atoms with Crippen molar-refractivity contribution in [2.75, 3.05) is 0 Å². The highest BCUT2D eigenvalue weighted by molar-refractivity contribution is 9.10. The fourth-order valence-electron chi connectivity index (χ4n) is 2.09. The molecule has 0 heterocycles. The van der Waals surface area contributed by atoms with Crippen LogP contribution < -0.4 is 4.74 Å². The molecule has 0 aliphatic rings. The van der Waals surface area contributed by atoms with Crippen molar-refractivity contribution in [3.63, 3.8) is 0 Å². The maximum Gasteiger partial charge on any atom is 0.127 e. The largest absolute Gasteiger partial charge is 0.488 e. The molecule has 0 saturated heterocycles. The van der Waals surface area contributed by atoms with Crippen molar-refractivity contribution < 1.29 is 4.74 Å². The van der Waals surface area contributed by atoms with Crippen LogP contribution in [0.4, 0.5) is 0 Å². The lowest BCUT2D eigenvalue weighted by atomic mass is 10.1. The molecule has 0 saturated carbocycles. The zero-order valence-corrected chi connectivity index (χ0v) is 11.9. The van der Waals surface area contributed by atoms with E-state index in [2.05, 4.69) is 46.3 Å². The lowest BCUT2D eigenvalue weighted by molar-refractivity contribution is 0.310. The first-order chi connectivity index (χ1) is 9.33. The van der Waals surface area contributed by atoms with Gasteiger partial charge >= 0.3 is 0 Å². The van der Waals surface area contributed by atoms with Crippen molar-refractivity contribution in [1.82, 2.24) is 0 Å². The number of rotatable bonds is 3. The normalized spacial score (nSPS) is 10.6. The van der Waals surface area contributed by atoms with E-state index >= 15 is 0 Å². The second-order valence-corrected chi connectivity index (χ2v) is 5.31. The zero-order valence-electron chi connectivity index (χ0n) is 10.3. The molecule has 3 aromatic rings. The van der Waals surface area contributed by atoms with Gasteiger partial charge in [-0.2, -0.15) is 0 Å². The molecule has 0 atom stereocenters. The Morgan fingerprint density at radius 1 is 0.842 bits per heavy atom. The third-order valence-electron chi connectivity index (χ3n) is 3.04. The van der Waals surface area contributed by atoms with Gasteiger partial charge in [0.2, 0.25) is 0 Å². The zero-order chi connectivity index (χ0) is 13.1. The van der Waals surface area contributed by atoms with E-state index in [1.807, 2.05) is 36.4 Å². The van der Waals surface area contributed by atoms with E-state index in [1.165, 1.54) is 10.9 Å². The van der Waals surface area contributed by atoms with Crippen molar-refractivity contribution in [1.29, 1.82) is 0 Å². The van der Waals surface area contributed by atoms with Gasteiger partial charge in [-0.05, 0) is 35.2 Å². The molecule has 94 valence electrons. The third kappa shape index (κ3) is 2.79. The second kappa shape index (κ2) is 5.45. The number of hydrogen-bond donors (Lipinski definition) is 0. The van der Waals surface area contributed by atoms with Crippen LogP contribution in [0.3, 0.4) is 0 Å². The van der Waals surface area contributed by atoms with Gasteiger partial charge in [0.15, 0.2) is 0 Å². The van der Waals surface area contributed by atoms with Gasteiger partial charge in [0, 0.05) is 9.86 Å². The van der Waals surface area contributed by atoms with Crippen LogP contribution in [0.15, 0.2) is 71.2 Å². The number of ether oxygens (including phenoxy) is 1. The van der Waals surface area contributed by atoms with E-state index < -0.39 is 0 Å². The highest BCUT2D eigenvalue weighted by Gasteiger charge is 2.02. The van der Waals surface area contributed by atoms with E-state index in [1.54, 1.807) is 0 Å². The van der Waals surface area contributed by atoms with Crippen molar-refractivity contribution in [3.05, 3.63) is 76.8 Å². The molecule has 0 spiro atoms. The first kappa shape index (κ1) is 12.2. The van der Waals surface area contributed by atoms with E-state index in [4.69, 9.17) is 4.74 Å². The minimum Gasteiger partial charge on any atom is -0.488 e. The molecule has 0 amide bonds. The molecular formula is C17H13BrO. The molecule has 1 nitrogen and oxygen atoms in total. The Morgan fingerprint density at radius 3 is 2.53 bits per heavy atom. The van der Waals surface area contributed by atoms with Gasteiger partial charge in [0.1, 0.15) is 12.4 Å². The Kier molecular flexibility index (Phi) is 3.51. The van der Waals surface area contributed by atoms with E-state index in [0.29, 0.717) is 6.61 Å². The molecule has 3 aromatic carbocycles. The van der Waals surface area contributed by atoms with Gasteiger partial charge in [-0.1, -0.05) is 58.4 Å². The molecule has 0 radical (unpaired) electrons. The average Bonchev–Trinajstić information content (AvgIpc) is 2.45. The average molecular weight is 313 g/mol. The molecule has 3 rings (SSSR count). The van der Waals surface area contributed by atoms with Crippen molar-refractivity contribution >= 4 is 26.7 Å². The summed E-state index contributed by atoms with van der Waals surface area (Å²) in [6, 6.07) is 22.6. The predicted molar refractivity (Wildman–Crippen MR) is 82.4 cm³/mol. The number of hydrogen-bond acceptors (Lipinski definition) is 1. The van der Waals surface area contributed by atoms with Crippen LogP contribution in [0.2, 0.25) is 0 Å². The topological polar surface area (TPSA) is 9.23 Å². The maximum atomic E-state index is 5.93. The third-order valence-corrected chi connectivity index (χ3v) is 3.53. The number of benzene rings is 3. The van der Waals surface area contributed by atoms with E-state index in [9.17, 15) is 0 Å². The van der Waals surface area contributed by atoms with Crippen LogP contribution in [0.5, 0.6) is 5.75 Å². The van der Waals surface area contributed by atoms with Gasteiger partial charge < -0.3 is 4.74 Å². The summed E-state index contributed by atoms with van der Waals surface area (Å²) in [5, 5.41) is 2.32. The predicted octanol–water partition coefficient (Wildman–Crippen LogP) is 5.18. The first-order valence-corrected chi connectivity index (χ1v) is 6.97. The molecule has 0 aliphatic heterocycles. The second-order valence-electron chi connectivity index (χ2n) is 4.40. The summed E-state index contributed by atoms with van der Waals surface area (Å²) in [6.07, 6.45) is 0. The summed E-state index contributed by atoms with van der Waals surface area (Å²) >= 11 is 3.49. The van der Waals surface area contributed by atoms with Crippen molar-refractivity contribution in [2.45, 2.75) is 6.61 Å². The van der Waals surface area contributed by atoms with Crippen molar-refractivity contribution in [2.24, 2.45) is 0 Å². The monoisotopic (exact) mass is 312 g/mol. The van der Waals surface area contributed by atoms with Crippen LogP contribution in [-0.4, -0.2) is 0 Å². The summed E-state index contributed by atoms with van der Waals surface area (Å²) in [6.45, 7) is 0.593. The van der Waals surface area contributed by atoms with Crippen LogP contribution in [-0.2, 0) is 6.61 Å². The van der Waals surface area contributed by atoms with Gasteiger partial charge in [-0.15, -0.1) is 0 Å². The van der Waals surface area contributed by atoms with Crippen LogP contribution >= 0.6 is 15.9 Å². The van der Waals surface area contributed by atoms with E-state index in [0.717, 1.165) is 15.6 Å². The summed E-state index contributed by atoms with van der Waals surface area (Å²) in [4.78, 5) is 0. The molecule has 2 heteroatoms. The summed E-state index contributed by atoms with van der Waals surface area (Å²) in [5.74, 6) is 0.925. The summed E-state index contributed by atoms with van der Waals surface area (Å²) < 4.78 is 7.01. The molecule has 0 fully saturated rings. The lowest BCUT2D eigenvalue weighted by Gasteiger charge is -2.09. The Morgan fingerprint density at radius 2 is 1.68 bits per heavy atom. The molecule has 0 aliphatic carbocycles. The fraction of sp³-hybridized carbons (Fsp3) is 0.0588. The Bertz CT molecular complexity index is 692. The maximum absolute atomic E-state index is 5.93. The van der Waals surface area contributed by atoms with Gasteiger partial charge in [-0.25, -0.2) is 0 Å². The number of fused-ring (bicyclic) bond motifs is 1. The Balaban J connectivity index is 1.89. The summed E-state index contributed by atoms with van der Waals surface area (Å²) in [7, 11) is 0. The minimum atomic E-state index is 0.593. The standard InChI is InChI=1S/C17H13BrO/c18-15-9-10-16-14(11-15)7-4-8-17(16)19-12-13-5-2-1-3-6-13/h1-11H,12H2. The van der Waals surface area contributed by atoms with Crippen LogP contribution in [0, 0.1) is 0 Å². The van der Waals surface area contributed by atoms with Crippen LogP contribution in [0.1, 0.15) is 5.56 Å². The SMILES string of the molecule is Brc1ccc2c(OCc3ccccc3)cccc2c1. The van der Waals surface area contributed by atoms with Gasteiger partial charge in [0.25, 0.3) is 0 Å². The summed E-state index contributed by atoms with van der Waals surface area (Å²) in [5.41, 5.74) is 1.18. The smallest absolute Gasteiger partial charge is 0.127 e. The van der Waals surface area contributed by atoms with Gasteiger partial charge in [-0.3, -0.25) is 0 Å².